The number of nitrogens with two attached hydrogens (primary N) is 1. The minimum atomic E-state index is -0.885. The lowest BCUT2D eigenvalue weighted by molar-refractivity contribution is -0.124. The quantitative estimate of drug-likeness (QED) is 0.873. The van der Waals surface area contributed by atoms with Crippen molar-refractivity contribution < 1.29 is 14.3 Å². The van der Waals surface area contributed by atoms with Gasteiger partial charge in [0.1, 0.15) is 5.54 Å². The summed E-state index contributed by atoms with van der Waals surface area (Å²) in [6.45, 7) is 2.84. The molecule has 3 N–H and O–H groups in total. The van der Waals surface area contributed by atoms with Crippen molar-refractivity contribution in [1.29, 1.82) is 0 Å². The summed E-state index contributed by atoms with van der Waals surface area (Å²) in [6, 6.07) is 5.24. The number of nitrogens with zero attached hydrogens (tertiary/aromatic N) is 1. The summed E-state index contributed by atoms with van der Waals surface area (Å²) in [4.78, 5) is 25.9. The highest BCUT2D eigenvalue weighted by Crippen LogP contribution is 2.22. The summed E-state index contributed by atoms with van der Waals surface area (Å²) < 4.78 is 5.25. The second-order valence-electron chi connectivity index (χ2n) is 5.95. The molecule has 6 nitrogen and oxygen atoms in total. The van der Waals surface area contributed by atoms with E-state index >= 15 is 0 Å². The number of benzene rings is 1. The molecule has 128 valence electrons. The van der Waals surface area contributed by atoms with E-state index in [4.69, 9.17) is 10.5 Å². The van der Waals surface area contributed by atoms with Gasteiger partial charge in [-0.15, -0.1) is 12.4 Å². The highest BCUT2D eigenvalue weighted by Gasteiger charge is 2.35. The molecule has 0 bridgehead atoms. The van der Waals surface area contributed by atoms with Crippen molar-refractivity contribution in [3.05, 3.63) is 29.3 Å². The van der Waals surface area contributed by atoms with Crippen LogP contribution in [0.25, 0.3) is 0 Å². The Hall–Kier alpha value is -1.63. The molecule has 1 saturated heterocycles. The predicted molar refractivity (Wildman–Crippen MR) is 92.0 cm³/mol. The molecule has 1 aliphatic rings. The van der Waals surface area contributed by atoms with Crippen LogP contribution in [0.2, 0.25) is 0 Å². The number of hydrogen-bond donors (Lipinski definition) is 2. The number of nitrogens with one attached hydrogen (secondary N) is 1. The van der Waals surface area contributed by atoms with Crippen molar-refractivity contribution in [3.63, 3.8) is 0 Å². The van der Waals surface area contributed by atoms with Gasteiger partial charge < -0.3 is 20.7 Å². The van der Waals surface area contributed by atoms with Gasteiger partial charge in [0, 0.05) is 38.6 Å². The summed E-state index contributed by atoms with van der Waals surface area (Å²) >= 11 is 0. The first-order chi connectivity index (χ1) is 10.3. The molecule has 1 aromatic rings. The lowest BCUT2D eigenvalue weighted by atomic mass is 9.90. The van der Waals surface area contributed by atoms with Gasteiger partial charge in [-0.05, 0) is 43.5 Å². The van der Waals surface area contributed by atoms with E-state index in [9.17, 15) is 9.59 Å². The molecule has 2 rings (SSSR count). The lowest BCUT2D eigenvalue weighted by Gasteiger charge is -2.31. The first kappa shape index (κ1) is 19.4. The maximum atomic E-state index is 12.4. The number of carbonyl (C=O) groups is 2. The van der Waals surface area contributed by atoms with Crippen LogP contribution in [0.3, 0.4) is 0 Å². The standard InChI is InChI=1S/C16H23N3O3.ClH/c1-11-10-12(4-5-13(11)14(20)19(2)3)18-15(21)16(17)6-8-22-9-7-16;/h4-5,10H,6-9,17H2,1-3H3,(H,18,21);1H. The average Bonchev–Trinajstić information content (AvgIpc) is 2.47. The molecule has 0 atom stereocenters. The van der Waals surface area contributed by atoms with E-state index in [1.807, 2.05) is 6.92 Å². The van der Waals surface area contributed by atoms with Crippen LogP contribution in [0.4, 0.5) is 5.69 Å². The summed E-state index contributed by atoms with van der Waals surface area (Å²) in [6.07, 6.45) is 1.02. The topological polar surface area (TPSA) is 84.7 Å². The second-order valence-corrected chi connectivity index (χ2v) is 5.95. The van der Waals surface area contributed by atoms with Gasteiger partial charge in [-0.1, -0.05) is 0 Å². The van der Waals surface area contributed by atoms with Crippen LogP contribution in [0.5, 0.6) is 0 Å². The van der Waals surface area contributed by atoms with E-state index in [1.54, 1.807) is 32.3 Å². The molecular weight excluding hydrogens is 318 g/mol. The number of carbonyl (C=O) groups excluding carboxylic acids is 2. The predicted octanol–water partition coefficient (Wildman–Crippen LogP) is 1.57. The Kier molecular flexibility index (Phi) is 6.56. The lowest BCUT2D eigenvalue weighted by Crippen LogP contribution is -2.54. The van der Waals surface area contributed by atoms with Gasteiger partial charge in [-0.2, -0.15) is 0 Å². The normalized spacial score (nSPS) is 16.2. The molecular formula is C16H24ClN3O3. The first-order valence-corrected chi connectivity index (χ1v) is 7.34. The molecule has 0 saturated carbocycles. The number of aryl methyl sites for hydroxylation is 1. The minimum Gasteiger partial charge on any atom is -0.381 e. The summed E-state index contributed by atoms with van der Waals surface area (Å²) in [5.74, 6) is -0.267. The Bertz CT molecular complexity index is 584. The van der Waals surface area contributed by atoms with Crippen LogP contribution < -0.4 is 11.1 Å². The molecule has 0 spiro atoms. The zero-order valence-corrected chi connectivity index (χ0v) is 14.5. The number of hydrogen-bond acceptors (Lipinski definition) is 4. The van der Waals surface area contributed by atoms with Crippen LogP contribution in [0.15, 0.2) is 18.2 Å². The molecule has 2 amide bonds. The van der Waals surface area contributed by atoms with E-state index < -0.39 is 5.54 Å². The monoisotopic (exact) mass is 341 g/mol. The Morgan fingerprint density at radius 2 is 1.87 bits per heavy atom. The van der Waals surface area contributed by atoms with Gasteiger partial charge in [0.25, 0.3) is 5.91 Å². The molecule has 0 unspecified atom stereocenters. The number of anilines is 1. The largest absolute Gasteiger partial charge is 0.381 e. The third-order valence-corrected chi connectivity index (χ3v) is 3.96. The molecule has 1 aromatic carbocycles. The van der Waals surface area contributed by atoms with Gasteiger partial charge in [0.05, 0.1) is 0 Å². The van der Waals surface area contributed by atoms with Gasteiger partial charge in [-0.25, -0.2) is 0 Å². The third-order valence-electron chi connectivity index (χ3n) is 3.96. The highest BCUT2D eigenvalue weighted by atomic mass is 35.5. The third kappa shape index (κ3) is 4.43. The van der Waals surface area contributed by atoms with Crippen LogP contribution in [-0.4, -0.2) is 49.6 Å². The fourth-order valence-corrected chi connectivity index (χ4v) is 2.44. The van der Waals surface area contributed by atoms with E-state index in [0.29, 0.717) is 37.3 Å². The Balaban J connectivity index is 0.00000264. The smallest absolute Gasteiger partial charge is 0.253 e. The summed E-state index contributed by atoms with van der Waals surface area (Å²) in [7, 11) is 3.42. The van der Waals surface area contributed by atoms with E-state index in [1.165, 1.54) is 4.90 Å². The summed E-state index contributed by atoms with van der Waals surface area (Å²) in [5, 5.41) is 2.84. The van der Waals surface area contributed by atoms with Gasteiger partial charge in [0.2, 0.25) is 5.91 Å². The van der Waals surface area contributed by atoms with Crippen LogP contribution in [-0.2, 0) is 9.53 Å². The number of rotatable bonds is 3. The average molecular weight is 342 g/mol. The molecule has 1 fully saturated rings. The Morgan fingerprint density at radius 1 is 1.26 bits per heavy atom. The molecule has 7 heteroatoms. The Labute approximate surface area is 142 Å². The van der Waals surface area contributed by atoms with Crippen molar-refractivity contribution in [2.75, 3.05) is 32.6 Å². The second kappa shape index (κ2) is 7.77. The van der Waals surface area contributed by atoms with Crippen molar-refractivity contribution in [2.45, 2.75) is 25.3 Å². The van der Waals surface area contributed by atoms with Crippen molar-refractivity contribution in [2.24, 2.45) is 5.73 Å². The van der Waals surface area contributed by atoms with E-state index in [0.717, 1.165) is 5.56 Å². The van der Waals surface area contributed by atoms with E-state index in [-0.39, 0.29) is 24.2 Å². The van der Waals surface area contributed by atoms with Gasteiger partial charge in [0.15, 0.2) is 0 Å². The fourth-order valence-electron chi connectivity index (χ4n) is 2.44. The van der Waals surface area contributed by atoms with Gasteiger partial charge in [-0.3, -0.25) is 9.59 Å². The number of halogens is 1. The van der Waals surface area contributed by atoms with Crippen LogP contribution in [0.1, 0.15) is 28.8 Å². The zero-order chi connectivity index (χ0) is 16.3. The highest BCUT2D eigenvalue weighted by molar-refractivity contribution is 5.99. The maximum absolute atomic E-state index is 12.4. The molecule has 0 radical (unpaired) electrons. The molecule has 0 aromatic heterocycles. The van der Waals surface area contributed by atoms with Crippen LogP contribution >= 0.6 is 12.4 Å². The number of amides is 2. The fraction of sp³-hybridized carbons (Fsp3) is 0.500. The Morgan fingerprint density at radius 3 is 2.39 bits per heavy atom. The molecule has 0 aliphatic carbocycles. The van der Waals surface area contributed by atoms with Crippen molar-refractivity contribution >= 4 is 29.9 Å². The number of ether oxygens (including phenoxy) is 1. The maximum Gasteiger partial charge on any atom is 0.253 e. The SMILES string of the molecule is Cc1cc(NC(=O)C2(N)CCOCC2)ccc1C(=O)N(C)C.Cl. The van der Waals surface area contributed by atoms with E-state index in [2.05, 4.69) is 5.32 Å². The molecule has 1 aliphatic heterocycles. The minimum absolute atomic E-state index is 0. The van der Waals surface area contributed by atoms with Crippen molar-refractivity contribution in [3.8, 4) is 0 Å². The zero-order valence-electron chi connectivity index (χ0n) is 13.7. The molecule has 1 heterocycles. The summed E-state index contributed by atoms with van der Waals surface area (Å²) in [5.41, 5.74) is 7.35. The first-order valence-electron chi connectivity index (χ1n) is 7.34. The van der Waals surface area contributed by atoms with Gasteiger partial charge >= 0.3 is 0 Å². The van der Waals surface area contributed by atoms with Crippen LogP contribution in [0, 0.1) is 6.92 Å². The van der Waals surface area contributed by atoms with Crippen molar-refractivity contribution in [1.82, 2.24) is 4.90 Å². The molecule has 23 heavy (non-hydrogen) atoms.